The summed E-state index contributed by atoms with van der Waals surface area (Å²) in [6.07, 6.45) is -0.477. The summed E-state index contributed by atoms with van der Waals surface area (Å²) < 4.78 is 4.57. The second-order valence-electron chi connectivity index (χ2n) is 5.54. The number of methoxy groups -OCH3 is 1. The molecule has 6 nitrogen and oxygen atoms in total. The number of hydrogen-bond acceptors (Lipinski definition) is 4. The van der Waals surface area contributed by atoms with Crippen LogP contribution in [0.25, 0.3) is 0 Å². The Balaban J connectivity index is 0.00000338. The molecule has 0 aliphatic heterocycles. The molecule has 0 bridgehead atoms. The molecule has 1 aromatic carbocycles. The fourth-order valence-electron chi connectivity index (χ4n) is 2.20. The lowest BCUT2D eigenvalue weighted by atomic mass is 10.1. The third kappa shape index (κ3) is 7.20. The van der Waals surface area contributed by atoms with Gasteiger partial charge in [-0.1, -0.05) is 25.1 Å². The summed E-state index contributed by atoms with van der Waals surface area (Å²) in [6.45, 7) is 3.66. The Morgan fingerprint density at radius 1 is 1.23 bits per heavy atom. The lowest BCUT2D eigenvalue weighted by Crippen LogP contribution is -2.38. The summed E-state index contributed by atoms with van der Waals surface area (Å²) in [5, 5.41) is 11.4. The zero-order chi connectivity index (χ0) is 18.1. The van der Waals surface area contributed by atoms with Crippen LogP contribution in [-0.4, -0.2) is 32.8 Å². The first-order chi connectivity index (χ1) is 12.1. The van der Waals surface area contributed by atoms with Crippen molar-refractivity contribution in [1.29, 1.82) is 0 Å². The van der Waals surface area contributed by atoms with Crippen LogP contribution in [0.2, 0.25) is 0 Å². The topological polar surface area (TPSA) is 74.8 Å². The zero-order valence-corrected chi connectivity index (χ0v) is 18.3. The van der Waals surface area contributed by atoms with Gasteiger partial charge in [0.05, 0.1) is 7.11 Å². The second kappa shape index (κ2) is 11.7. The van der Waals surface area contributed by atoms with Gasteiger partial charge in [-0.25, -0.2) is 4.79 Å². The predicted octanol–water partition coefficient (Wildman–Crippen LogP) is 4.01. The number of halogens is 1. The molecule has 1 aromatic heterocycles. The van der Waals surface area contributed by atoms with Gasteiger partial charge in [0.2, 0.25) is 0 Å². The minimum Gasteiger partial charge on any atom is -0.453 e. The molecule has 2 aromatic rings. The number of aliphatic imine (C=N–C) groups is 1. The first-order valence-electron chi connectivity index (χ1n) is 8.04. The van der Waals surface area contributed by atoms with Gasteiger partial charge >= 0.3 is 6.09 Å². The first kappa shape index (κ1) is 22.2. The average molecular weight is 488 g/mol. The minimum atomic E-state index is -0.477. The highest BCUT2D eigenvalue weighted by atomic mass is 127. The third-order valence-electron chi connectivity index (χ3n) is 3.67. The Bertz CT molecular complexity index is 690. The summed E-state index contributed by atoms with van der Waals surface area (Å²) in [4.78, 5) is 16.8. The van der Waals surface area contributed by atoms with E-state index < -0.39 is 6.09 Å². The third-order valence-corrected chi connectivity index (χ3v) is 4.78. The van der Waals surface area contributed by atoms with E-state index in [4.69, 9.17) is 0 Å². The standard InChI is InChI=1S/C18H24N4O2S.HI/c1-13(16-5-4-10-25-16)11-20-17(19-2)21-12-14-6-8-15(9-7-14)22-18(23)24-3;/h4-10,13H,11-12H2,1-3H3,(H,22,23)(H2,19,20,21);1H. The van der Waals surface area contributed by atoms with Gasteiger partial charge in [0.1, 0.15) is 0 Å². The van der Waals surface area contributed by atoms with Crippen molar-refractivity contribution in [3.8, 4) is 0 Å². The fourth-order valence-corrected chi connectivity index (χ4v) is 2.99. The molecule has 0 aliphatic carbocycles. The van der Waals surface area contributed by atoms with Gasteiger partial charge in [-0.2, -0.15) is 0 Å². The summed E-state index contributed by atoms with van der Waals surface area (Å²) in [5.74, 6) is 1.20. The molecule has 0 aliphatic rings. The zero-order valence-electron chi connectivity index (χ0n) is 15.1. The lowest BCUT2D eigenvalue weighted by molar-refractivity contribution is 0.187. The van der Waals surface area contributed by atoms with Crippen molar-refractivity contribution in [2.45, 2.75) is 19.4 Å². The molecule has 0 radical (unpaired) electrons. The number of hydrogen-bond donors (Lipinski definition) is 3. The minimum absolute atomic E-state index is 0. The van der Waals surface area contributed by atoms with Crippen molar-refractivity contribution in [1.82, 2.24) is 10.6 Å². The molecule has 0 fully saturated rings. The molecule has 26 heavy (non-hydrogen) atoms. The molecular formula is C18H25IN4O2S. The Hall–Kier alpha value is -1.81. The highest BCUT2D eigenvalue weighted by molar-refractivity contribution is 14.0. The Morgan fingerprint density at radius 3 is 2.54 bits per heavy atom. The number of thiophene rings is 1. The van der Waals surface area contributed by atoms with E-state index in [-0.39, 0.29) is 24.0 Å². The Kier molecular flexibility index (Phi) is 10.0. The highest BCUT2D eigenvalue weighted by Gasteiger charge is 2.07. The van der Waals surface area contributed by atoms with Crippen LogP contribution in [0.1, 0.15) is 23.3 Å². The quantitative estimate of drug-likeness (QED) is 0.326. The maximum atomic E-state index is 11.2. The van der Waals surface area contributed by atoms with E-state index in [1.807, 2.05) is 24.3 Å². The number of rotatable bonds is 6. The van der Waals surface area contributed by atoms with E-state index in [0.717, 1.165) is 18.1 Å². The number of nitrogens with one attached hydrogen (secondary N) is 3. The van der Waals surface area contributed by atoms with Crippen molar-refractivity contribution in [2.24, 2.45) is 4.99 Å². The van der Waals surface area contributed by atoms with Gasteiger partial charge in [0, 0.05) is 36.6 Å². The number of carbonyl (C=O) groups excluding carboxylic acids is 1. The van der Waals surface area contributed by atoms with Crippen LogP contribution in [0.5, 0.6) is 0 Å². The molecule has 1 unspecified atom stereocenters. The van der Waals surface area contributed by atoms with E-state index in [1.165, 1.54) is 12.0 Å². The number of amides is 1. The van der Waals surface area contributed by atoms with Crippen molar-refractivity contribution in [3.05, 3.63) is 52.2 Å². The van der Waals surface area contributed by atoms with E-state index in [9.17, 15) is 4.79 Å². The molecule has 0 saturated heterocycles. The fraction of sp³-hybridized carbons (Fsp3) is 0.333. The summed E-state index contributed by atoms with van der Waals surface area (Å²) in [6, 6.07) is 11.8. The van der Waals surface area contributed by atoms with Crippen molar-refractivity contribution in [2.75, 3.05) is 26.0 Å². The van der Waals surface area contributed by atoms with Gasteiger partial charge in [0.25, 0.3) is 0 Å². The maximum absolute atomic E-state index is 11.2. The van der Waals surface area contributed by atoms with E-state index >= 15 is 0 Å². The summed E-state index contributed by atoms with van der Waals surface area (Å²) in [7, 11) is 3.10. The predicted molar refractivity (Wildman–Crippen MR) is 119 cm³/mol. The van der Waals surface area contributed by atoms with Gasteiger partial charge in [-0.15, -0.1) is 35.3 Å². The normalized spacial score (nSPS) is 11.9. The van der Waals surface area contributed by atoms with Gasteiger partial charge in [0.15, 0.2) is 5.96 Å². The van der Waals surface area contributed by atoms with Crippen LogP contribution >= 0.6 is 35.3 Å². The van der Waals surface area contributed by atoms with Crippen LogP contribution in [-0.2, 0) is 11.3 Å². The summed E-state index contributed by atoms with van der Waals surface area (Å²) >= 11 is 1.77. The molecule has 1 amide bonds. The number of nitrogens with zero attached hydrogens (tertiary/aromatic N) is 1. The SMILES string of the molecule is CN=C(NCc1ccc(NC(=O)OC)cc1)NCC(C)c1cccs1.I. The van der Waals surface area contributed by atoms with Gasteiger partial charge < -0.3 is 15.4 Å². The second-order valence-corrected chi connectivity index (χ2v) is 6.52. The first-order valence-corrected chi connectivity index (χ1v) is 8.92. The molecule has 3 N–H and O–H groups in total. The number of anilines is 1. The van der Waals surface area contributed by atoms with Gasteiger partial charge in [-0.3, -0.25) is 10.3 Å². The van der Waals surface area contributed by atoms with Crippen LogP contribution in [0, 0.1) is 0 Å². The highest BCUT2D eigenvalue weighted by Crippen LogP contribution is 2.19. The summed E-state index contributed by atoms with van der Waals surface area (Å²) in [5.41, 5.74) is 1.78. The molecule has 0 spiro atoms. The molecule has 1 heterocycles. The Morgan fingerprint density at radius 2 is 1.96 bits per heavy atom. The number of benzene rings is 1. The molecule has 0 saturated carbocycles. The maximum Gasteiger partial charge on any atom is 0.411 e. The molecule has 142 valence electrons. The Labute approximate surface area is 175 Å². The van der Waals surface area contributed by atoms with E-state index in [1.54, 1.807) is 18.4 Å². The van der Waals surface area contributed by atoms with Gasteiger partial charge in [-0.05, 0) is 29.1 Å². The van der Waals surface area contributed by atoms with E-state index in [0.29, 0.717) is 18.2 Å². The molecular weight excluding hydrogens is 463 g/mol. The molecule has 1 atom stereocenters. The lowest BCUT2D eigenvalue weighted by Gasteiger charge is -2.15. The van der Waals surface area contributed by atoms with E-state index in [2.05, 4.69) is 50.1 Å². The van der Waals surface area contributed by atoms with Crippen molar-refractivity contribution < 1.29 is 9.53 Å². The van der Waals surface area contributed by atoms with Crippen LogP contribution in [0.4, 0.5) is 10.5 Å². The molecule has 2 rings (SSSR count). The van der Waals surface area contributed by atoms with Crippen LogP contribution in [0.3, 0.4) is 0 Å². The monoisotopic (exact) mass is 488 g/mol. The van der Waals surface area contributed by atoms with Crippen molar-refractivity contribution >= 4 is 53.1 Å². The number of carbonyl (C=O) groups is 1. The van der Waals surface area contributed by atoms with Crippen molar-refractivity contribution in [3.63, 3.8) is 0 Å². The largest absolute Gasteiger partial charge is 0.453 e. The average Bonchev–Trinajstić information content (AvgIpc) is 3.17. The molecule has 8 heteroatoms. The van der Waals surface area contributed by atoms with Crippen LogP contribution in [0.15, 0.2) is 46.8 Å². The van der Waals surface area contributed by atoms with Crippen LogP contribution < -0.4 is 16.0 Å². The smallest absolute Gasteiger partial charge is 0.411 e. The number of guanidine groups is 1. The number of ether oxygens (including phenoxy) is 1.